The summed E-state index contributed by atoms with van der Waals surface area (Å²) in [5.74, 6) is 1.24. The lowest BCUT2D eigenvalue weighted by Crippen LogP contribution is -2.43. The molecule has 1 aromatic rings. The van der Waals surface area contributed by atoms with E-state index in [1.54, 1.807) is 0 Å². The number of hydrogen-bond donors (Lipinski definition) is 2. The van der Waals surface area contributed by atoms with Crippen LogP contribution in [0, 0.1) is 19.8 Å². The lowest BCUT2D eigenvalue weighted by Gasteiger charge is -2.16. The summed E-state index contributed by atoms with van der Waals surface area (Å²) in [5.41, 5.74) is 7.82. The number of halogens is 1. The first-order valence-corrected chi connectivity index (χ1v) is 6.79. The molecule has 1 amide bonds. The minimum Gasteiger partial charge on any atom is -0.483 e. The number of amides is 1. The first kappa shape index (κ1) is 16.8. The van der Waals surface area contributed by atoms with Crippen LogP contribution in [0.4, 0.5) is 0 Å². The molecular formula is C15H23ClN2O2. The van der Waals surface area contributed by atoms with E-state index in [1.165, 1.54) is 12.8 Å². The molecule has 0 spiro atoms. The van der Waals surface area contributed by atoms with Crippen LogP contribution in [0.15, 0.2) is 18.2 Å². The molecule has 1 fully saturated rings. The van der Waals surface area contributed by atoms with Crippen LogP contribution in [0.25, 0.3) is 0 Å². The Morgan fingerprint density at radius 1 is 1.45 bits per heavy atom. The molecule has 1 aromatic carbocycles. The third-order valence-corrected chi connectivity index (χ3v) is 3.49. The summed E-state index contributed by atoms with van der Waals surface area (Å²) in [6.07, 6.45) is 2.33. The molecule has 2 rings (SSSR count). The Labute approximate surface area is 126 Å². The fraction of sp³-hybridized carbons (Fsp3) is 0.533. The zero-order valence-electron chi connectivity index (χ0n) is 12.0. The maximum Gasteiger partial charge on any atom is 0.258 e. The van der Waals surface area contributed by atoms with Gasteiger partial charge in [0.25, 0.3) is 5.91 Å². The normalized spacial score (nSPS) is 15.2. The largest absolute Gasteiger partial charge is 0.483 e. The molecule has 0 heterocycles. The number of carbonyl (C=O) groups excluding carboxylic acids is 1. The fourth-order valence-electron chi connectivity index (χ4n) is 2.12. The van der Waals surface area contributed by atoms with Gasteiger partial charge in [0, 0.05) is 12.6 Å². The zero-order chi connectivity index (χ0) is 13.8. The highest BCUT2D eigenvalue weighted by Gasteiger charge is 2.31. The van der Waals surface area contributed by atoms with Crippen molar-refractivity contribution in [2.24, 2.45) is 11.7 Å². The maximum atomic E-state index is 11.8. The van der Waals surface area contributed by atoms with E-state index in [9.17, 15) is 4.79 Å². The van der Waals surface area contributed by atoms with Crippen molar-refractivity contribution in [3.05, 3.63) is 29.3 Å². The molecule has 4 nitrogen and oxygen atoms in total. The van der Waals surface area contributed by atoms with Gasteiger partial charge >= 0.3 is 0 Å². The summed E-state index contributed by atoms with van der Waals surface area (Å²) in [5, 5.41) is 2.94. The van der Waals surface area contributed by atoms with E-state index in [0.29, 0.717) is 12.5 Å². The van der Waals surface area contributed by atoms with E-state index >= 15 is 0 Å². The molecule has 1 aliphatic rings. The van der Waals surface area contributed by atoms with Gasteiger partial charge < -0.3 is 15.8 Å². The fourth-order valence-corrected chi connectivity index (χ4v) is 2.12. The van der Waals surface area contributed by atoms with Crippen molar-refractivity contribution >= 4 is 18.3 Å². The van der Waals surface area contributed by atoms with Crippen LogP contribution in [-0.2, 0) is 4.79 Å². The molecule has 0 aromatic heterocycles. The number of rotatable bonds is 6. The Morgan fingerprint density at radius 3 is 2.75 bits per heavy atom. The van der Waals surface area contributed by atoms with E-state index in [1.807, 2.05) is 32.0 Å². The van der Waals surface area contributed by atoms with E-state index in [4.69, 9.17) is 10.5 Å². The van der Waals surface area contributed by atoms with Crippen LogP contribution in [0.3, 0.4) is 0 Å². The third kappa shape index (κ3) is 4.69. The van der Waals surface area contributed by atoms with E-state index in [2.05, 4.69) is 5.32 Å². The number of carbonyl (C=O) groups is 1. The predicted octanol–water partition coefficient (Wildman–Crippen LogP) is 1.96. The summed E-state index contributed by atoms with van der Waals surface area (Å²) in [4.78, 5) is 11.8. The molecule has 0 bridgehead atoms. The molecule has 1 unspecified atom stereocenters. The number of aryl methyl sites for hydroxylation is 2. The first-order chi connectivity index (χ1) is 9.10. The highest BCUT2D eigenvalue weighted by molar-refractivity contribution is 5.85. The van der Waals surface area contributed by atoms with Gasteiger partial charge in [0.2, 0.25) is 0 Å². The molecule has 112 valence electrons. The molecular weight excluding hydrogens is 276 g/mol. The van der Waals surface area contributed by atoms with E-state index in [-0.39, 0.29) is 31.0 Å². The van der Waals surface area contributed by atoms with Gasteiger partial charge in [-0.1, -0.05) is 12.1 Å². The van der Waals surface area contributed by atoms with E-state index in [0.717, 1.165) is 16.9 Å². The summed E-state index contributed by atoms with van der Waals surface area (Å²) in [7, 11) is 0. The number of nitrogens with one attached hydrogen (secondary N) is 1. The molecule has 20 heavy (non-hydrogen) atoms. The van der Waals surface area contributed by atoms with Gasteiger partial charge in [-0.05, 0) is 49.8 Å². The molecule has 0 aliphatic heterocycles. The Bertz CT molecular complexity index is 461. The second-order valence-corrected chi connectivity index (χ2v) is 5.30. The second kappa shape index (κ2) is 7.50. The molecule has 0 radical (unpaired) electrons. The topological polar surface area (TPSA) is 64.3 Å². The quantitative estimate of drug-likeness (QED) is 0.844. The molecule has 5 heteroatoms. The van der Waals surface area contributed by atoms with Crippen molar-refractivity contribution in [3.63, 3.8) is 0 Å². The summed E-state index contributed by atoms with van der Waals surface area (Å²) in [6, 6.07) is 6.08. The number of ether oxygens (including phenoxy) is 1. The Hall–Kier alpha value is -1.26. The summed E-state index contributed by atoms with van der Waals surface area (Å²) >= 11 is 0. The van der Waals surface area contributed by atoms with Gasteiger partial charge in [0.15, 0.2) is 6.61 Å². The molecule has 1 saturated carbocycles. The van der Waals surface area contributed by atoms with Crippen LogP contribution in [-0.4, -0.2) is 25.1 Å². The standard InChI is InChI=1S/C15H22N2O2.ClH/c1-10-3-4-11(2)14(7-10)19-9-15(18)17-13(8-16)12-5-6-12;/h3-4,7,12-13H,5-6,8-9,16H2,1-2H3,(H,17,18);1H. The van der Waals surface area contributed by atoms with Crippen molar-refractivity contribution in [2.45, 2.75) is 32.7 Å². The molecule has 0 saturated heterocycles. The van der Waals surface area contributed by atoms with Crippen LogP contribution in [0.1, 0.15) is 24.0 Å². The van der Waals surface area contributed by atoms with Crippen LogP contribution >= 0.6 is 12.4 Å². The van der Waals surface area contributed by atoms with Gasteiger partial charge in [-0.15, -0.1) is 12.4 Å². The maximum absolute atomic E-state index is 11.8. The Balaban J connectivity index is 0.00000200. The third-order valence-electron chi connectivity index (χ3n) is 3.49. The lowest BCUT2D eigenvalue weighted by atomic mass is 10.1. The van der Waals surface area contributed by atoms with Gasteiger partial charge in [0.05, 0.1) is 0 Å². The minimum atomic E-state index is -0.0942. The average molecular weight is 299 g/mol. The lowest BCUT2D eigenvalue weighted by molar-refractivity contribution is -0.123. The van der Waals surface area contributed by atoms with Crippen LogP contribution in [0.5, 0.6) is 5.75 Å². The van der Waals surface area contributed by atoms with Gasteiger partial charge in [-0.25, -0.2) is 0 Å². The van der Waals surface area contributed by atoms with Crippen molar-refractivity contribution < 1.29 is 9.53 Å². The van der Waals surface area contributed by atoms with Gasteiger partial charge in [-0.3, -0.25) is 4.79 Å². The predicted molar refractivity (Wildman–Crippen MR) is 82.4 cm³/mol. The first-order valence-electron chi connectivity index (χ1n) is 6.79. The molecule has 1 atom stereocenters. The molecule has 3 N–H and O–H groups in total. The Morgan fingerprint density at radius 2 is 2.15 bits per heavy atom. The zero-order valence-corrected chi connectivity index (χ0v) is 12.8. The van der Waals surface area contributed by atoms with Crippen LogP contribution < -0.4 is 15.8 Å². The van der Waals surface area contributed by atoms with Crippen molar-refractivity contribution in [1.82, 2.24) is 5.32 Å². The summed E-state index contributed by atoms with van der Waals surface area (Å²) in [6.45, 7) is 4.52. The van der Waals surface area contributed by atoms with Gasteiger partial charge in [0.1, 0.15) is 5.75 Å². The average Bonchev–Trinajstić information content (AvgIpc) is 3.21. The van der Waals surface area contributed by atoms with Crippen LogP contribution in [0.2, 0.25) is 0 Å². The number of hydrogen-bond acceptors (Lipinski definition) is 3. The minimum absolute atomic E-state index is 0. The molecule has 1 aliphatic carbocycles. The SMILES string of the molecule is Cc1ccc(C)c(OCC(=O)NC(CN)C2CC2)c1.Cl. The monoisotopic (exact) mass is 298 g/mol. The number of benzene rings is 1. The number of nitrogens with two attached hydrogens (primary N) is 1. The van der Waals surface area contributed by atoms with Crippen molar-refractivity contribution in [1.29, 1.82) is 0 Å². The highest BCUT2D eigenvalue weighted by atomic mass is 35.5. The Kier molecular flexibility index (Phi) is 6.30. The van der Waals surface area contributed by atoms with Crippen molar-refractivity contribution in [3.8, 4) is 5.75 Å². The smallest absolute Gasteiger partial charge is 0.258 e. The van der Waals surface area contributed by atoms with Gasteiger partial charge in [-0.2, -0.15) is 0 Å². The van der Waals surface area contributed by atoms with E-state index < -0.39 is 0 Å². The highest BCUT2D eigenvalue weighted by Crippen LogP contribution is 2.32. The second-order valence-electron chi connectivity index (χ2n) is 5.30. The van der Waals surface area contributed by atoms with Crippen molar-refractivity contribution in [2.75, 3.05) is 13.2 Å². The summed E-state index contributed by atoms with van der Waals surface area (Å²) < 4.78 is 5.57.